The molecular formula is C16H15N3O. The first kappa shape index (κ1) is 13.8. The Labute approximate surface area is 118 Å². The van der Waals surface area contributed by atoms with Crippen LogP contribution in [0.5, 0.6) is 0 Å². The van der Waals surface area contributed by atoms with Gasteiger partial charge in [0.2, 0.25) is 0 Å². The highest BCUT2D eigenvalue weighted by Crippen LogP contribution is 2.20. The number of aromatic nitrogens is 1. The van der Waals surface area contributed by atoms with E-state index in [-0.39, 0.29) is 5.91 Å². The van der Waals surface area contributed by atoms with Gasteiger partial charge in [-0.25, -0.2) is 4.98 Å². The number of hydrogen-bond acceptors (Lipinski definition) is 3. The second kappa shape index (κ2) is 5.54. The van der Waals surface area contributed by atoms with Crippen LogP contribution in [0.25, 0.3) is 0 Å². The second-order valence-electron chi connectivity index (χ2n) is 4.75. The quantitative estimate of drug-likeness (QED) is 0.907. The van der Waals surface area contributed by atoms with Crippen molar-refractivity contribution in [2.75, 3.05) is 5.32 Å². The number of carbonyl (C=O) groups is 1. The van der Waals surface area contributed by atoms with Gasteiger partial charge < -0.3 is 5.32 Å². The Morgan fingerprint density at radius 2 is 1.85 bits per heavy atom. The van der Waals surface area contributed by atoms with Crippen LogP contribution >= 0.6 is 0 Å². The van der Waals surface area contributed by atoms with Gasteiger partial charge in [0.05, 0.1) is 5.56 Å². The predicted molar refractivity (Wildman–Crippen MR) is 77.6 cm³/mol. The fourth-order valence-electron chi connectivity index (χ4n) is 1.88. The standard InChI is InChI=1S/C16H15N3O/c1-10-6-12(3)15(7-11(10)2)19-16(20)13-4-5-14(8-17)18-9-13/h4-7,9H,1-3H3,(H,19,20). The van der Waals surface area contributed by atoms with E-state index in [2.05, 4.69) is 10.3 Å². The van der Waals surface area contributed by atoms with Crippen molar-refractivity contribution >= 4 is 11.6 Å². The fourth-order valence-corrected chi connectivity index (χ4v) is 1.88. The second-order valence-corrected chi connectivity index (χ2v) is 4.75. The zero-order valence-corrected chi connectivity index (χ0v) is 11.7. The Morgan fingerprint density at radius 1 is 1.15 bits per heavy atom. The summed E-state index contributed by atoms with van der Waals surface area (Å²) in [6.07, 6.45) is 1.41. The largest absolute Gasteiger partial charge is 0.322 e. The minimum Gasteiger partial charge on any atom is -0.322 e. The van der Waals surface area contributed by atoms with E-state index in [0.29, 0.717) is 11.3 Å². The number of amides is 1. The van der Waals surface area contributed by atoms with Crippen LogP contribution in [0.1, 0.15) is 32.7 Å². The maximum Gasteiger partial charge on any atom is 0.257 e. The minimum atomic E-state index is -0.228. The molecule has 0 aliphatic heterocycles. The van der Waals surface area contributed by atoms with Crippen LogP contribution in [0.15, 0.2) is 30.5 Å². The maximum atomic E-state index is 12.1. The van der Waals surface area contributed by atoms with Gasteiger partial charge in [-0.3, -0.25) is 4.79 Å². The maximum absolute atomic E-state index is 12.1. The zero-order chi connectivity index (χ0) is 14.7. The van der Waals surface area contributed by atoms with Gasteiger partial charge in [-0.05, 0) is 55.7 Å². The van der Waals surface area contributed by atoms with E-state index in [1.165, 1.54) is 17.8 Å². The van der Waals surface area contributed by atoms with Gasteiger partial charge in [-0.15, -0.1) is 0 Å². The molecule has 0 bridgehead atoms. The summed E-state index contributed by atoms with van der Waals surface area (Å²) in [5.41, 5.74) is 4.86. The van der Waals surface area contributed by atoms with E-state index in [1.54, 1.807) is 6.07 Å². The Hall–Kier alpha value is -2.67. The number of anilines is 1. The number of pyridine rings is 1. The number of aryl methyl sites for hydroxylation is 3. The van der Waals surface area contributed by atoms with Crippen molar-refractivity contribution in [2.24, 2.45) is 0 Å². The molecule has 0 unspecified atom stereocenters. The summed E-state index contributed by atoms with van der Waals surface area (Å²) in [4.78, 5) is 16.0. The highest BCUT2D eigenvalue weighted by Gasteiger charge is 2.09. The van der Waals surface area contributed by atoms with Crippen LogP contribution in [-0.4, -0.2) is 10.9 Å². The van der Waals surface area contributed by atoms with Crippen molar-refractivity contribution in [3.05, 3.63) is 58.4 Å². The molecule has 1 heterocycles. The van der Waals surface area contributed by atoms with Crippen molar-refractivity contribution in [3.63, 3.8) is 0 Å². The lowest BCUT2D eigenvalue weighted by Crippen LogP contribution is -2.13. The number of nitrogens with one attached hydrogen (secondary N) is 1. The smallest absolute Gasteiger partial charge is 0.257 e. The summed E-state index contributed by atoms with van der Waals surface area (Å²) in [5, 5.41) is 11.6. The summed E-state index contributed by atoms with van der Waals surface area (Å²) < 4.78 is 0. The van der Waals surface area contributed by atoms with Gasteiger partial charge >= 0.3 is 0 Å². The Bertz CT molecular complexity index is 697. The average Bonchev–Trinajstić information content (AvgIpc) is 2.44. The monoisotopic (exact) mass is 265 g/mol. The molecule has 0 saturated heterocycles. The first-order valence-corrected chi connectivity index (χ1v) is 6.26. The molecule has 0 aliphatic carbocycles. The normalized spacial score (nSPS) is 9.90. The minimum absolute atomic E-state index is 0.228. The number of rotatable bonds is 2. The molecule has 0 radical (unpaired) electrons. The molecule has 100 valence electrons. The molecule has 0 saturated carbocycles. The number of nitrogens with zero attached hydrogens (tertiary/aromatic N) is 2. The summed E-state index contributed by atoms with van der Waals surface area (Å²) in [6, 6.07) is 9.05. The van der Waals surface area contributed by atoms with Gasteiger partial charge in [0.15, 0.2) is 0 Å². The van der Waals surface area contributed by atoms with E-state index in [4.69, 9.17) is 5.26 Å². The van der Waals surface area contributed by atoms with E-state index < -0.39 is 0 Å². The summed E-state index contributed by atoms with van der Waals surface area (Å²) >= 11 is 0. The van der Waals surface area contributed by atoms with Crippen molar-refractivity contribution in [2.45, 2.75) is 20.8 Å². The predicted octanol–water partition coefficient (Wildman–Crippen LogP) is 3.13. The van der Waals surface area contributed by atoms with Gasteiger partial charge in [0.1, 0.15) is 11.8 Å². The van der Waals surface area contributed by atoms with Crippen LogP contribution in [0, 0.1) is 32.1 Å². The number of carbonyl (C=O) groups excluding carboxylic acids is 1. The summed E-state index contributed by atoms with van der Waals surface area (Å²) in [7, 11) is 0. The number of nitriles is 1. The van der Waals surface area contributed by atoms with Crippen LogP contribution < -0.4 is 5.32 Å². The molecule has 20 heavy (non-hydrogen) atoms. The van der Waals surface area contributed by atoms with Crippen LogP contribution in [0.2, 0.25) is 0 Å². The van der Waals surface area contributed by atoms with Gasteiger partial charge in [-0.2, -0.15) is 5.26 Å². The first-order chi connectivity index (χ1) is 9.51. The lowest BCUT2D eigenvalue weighted by atomic mass is 10.0. The molecule has 4 heteroatoms. The van der Waals surface area contributed by atoms with Gasteiger partial charge in [-0.1, -0.05) is 6.07 Å². The lowest BCUT2D eigenvalue weighted by Gasteiger charge is -2.11. The molecule has 0 atom stereocenters. The van der Waals surface area contributed by atoms with E-state index in [9.17, 15) is 4.79 Å². The summed E-state index contributed by atoms with van der Waals surface area (Å²) in [6.45, 7) is 6.01. The number of benzene rings is 1. The molecule has 0 aliphatic rings. The summed E-state index contributed by atoms with van der Waals surface area (Å²) in [5.74, 6) is -0.228. The topological polar surface area (TPSA) is 65.8 Å². The third-order valence-corrected chi connectivity index (χ3v) is 3.23. The van der Waals surface area contributed by atoms with Crippen molar-refractivity contribution in [1.82, 2.24) is 4.98 Å². The Kier molecular flexibility index (Phi) is 3.81. The molecule has 4 nitrogen and oxygen atoms in total. The third-order valence-electron chi connectivity index (χ3n) is 3.23. The fraction of sp³-hybridized carbons (Fsp3) is 0.188. The molecule has 0 fully saturated rings. The highest BCUT2D eigenvalue weighted by molar-refractivity contribution is 6.04. The average molecular weight is 265 g/mol. The van der Waals surface area contributed by atoms with Crippen molar-refractivity contribution in [1.29, 1.82) is 5.26 Å². The van der Waals surface area contributed by atoms with Crippen LogP contribution in [-0.2, 0) is 0 Å². The zero-order valence-electron chi connectivity index (χ0n) is 11.7. The van der Waals surface area contributed by atoms with Crippen LogP contribution in [0.4, 0.5) is 5.69 Å². The van der Waals surface area contributed by atoms with Crippen LogP contribution in [0.3, 0.4) is 0 Å². The van der Waals surface area contributed by atoms with Gasteiger partial charge in [0.25, 0.3) is 5.91 Å². The van der Waals surface area contributed by atoms with Crippen molar-refractivity contribution < 1.29 is 4.79 Å². The first-order valence-electron chi connectivity index (χ1n) is 6.26. The van der Waals surface area contributed by atoms with Crippen molar-refractivity contribution in [3.8, 4) is 6.07 Å². The molecule has 2 aromatic rings. The van der Waals surface area contributed by atoms with E-state index in [0.717, 1.165) is 16.8 Å². The molecule has 2 rings (SSSR count). The Morgan fingerprint density at radius 3 is 2.45 bits per heavy atom. The molecular weight excluding hydrogens is 250 g/mol. The Balaban J connectivity index is 2.23. The third kappa shape index (κ3) is 2.83. The molecule has 1 N–H and O–H groups in total. The molecule has 1 amide bonds. The number of hydrogen-bond donors (Lipinski definition) is 1. The molecule has 1 aromatic carbocycles. The van der Waals surface area contributed by atoms with E-state index >= 15 is 0 Å². The SMILES string of the molecule is Cc1cc(C)c(NC(=O)c2ccc(C#N)nc2)cc1C. The molecule has 1 aromatic heterocycles. The highest BCUT2D eigenvalue weighted by atomic mass is 16.1. The van der Waals surface area contributed by atoms with Gasteiger partial charge in [0, 0.05) is 11.9 Å². The molecule has 0 spiro atoms. The lowest BCUT2D eigenvalue weighted by molar-refractivity contribution is 0.102. The van der Waals surface area contributed by atoms with E-state index in [1.807, 2.05) is 39.0 Å².